The van der Waals surface area contributed by atoms with Crippen molar-refractivity contribution in [3.8, 4) is 11.5 Å². The van der Waals surface area contributed by atoms with Crippen LogP contribution in [0.2, 0.25) is 0 Å². The van der Waals surface area contributed by atoms with Gasteiger partial charge in [-0.25, -0.2) is 0 Å². The molecule has 2 aromatic rings. The first kappa shape index (κ1) is 15.9. The Morgan fingerprint density at radius 2 is 1.55 bits per heavy atom. The molecular weight excluding hydrogens is 282 g/mol. The van der Waals surface area contributed by atoms with E-state index in [0.717, 1.165) is 0 Å². The second-order valence-electron chi connectivity index (χ2n) is 4.74. The lowest BCUT2D eigenvalue weighted by molar-refractivity contribution is -0.142. The van der Waals surface area contributed by atoms with Crippen LogP contribution in [0.5, 0.6) is 11.5 Å². The summed E-state index contributed by atoms with van der Waals surface area (Å²) in [4.78, 5) is 11.6. The Morgan fingerprint density at radius 1 is 1.05 bits per heavy atom. The van der Waals surface area contributed by atoms with Gasteiger partial charge in [0.25, 0.3) is 0 Å². The number of carbonyl (C=O) groups is 1. The summed E-state index contributed by atoms with van der Waals surface area (Å²) in [7, 11) is 0. The largest absolute Gasteiger partial charge is 0.508 e. The van der Waals surface area contributed by atoms with Crippen LogP contribution in [-0.4, -0.2) is 29.3 Å². The third-order valence-corrected chi connectivity index (χ3v) is 3.25. The highest BCUT2D eigenvalue weighted by Crippen LogP contribution is 2.33. The van der Waals surface area contributed by atoms with E-state index in [9.17, 15) is 15.0 Å². The van der Waals surface area contributed by atoms with Crippen LogP contribution >= 0.6 is 0 Å². The summed E-state index contributed by atoms with van der Waals surface area (Å²) in [5, 5.41) is 23.2. The Labute approximate surface area is 129 Å². The topological polar surface area (TPSA) is 78.8 Å². The Kier molecular flexibility index (Phi) is 5.38. The number of ether oxygens (including phenoxy) is 1. The maximum absolute atomic E-state index is 11.6. The van der Waals surface area contributed by atoms with Gasteiger partial charge in [-0.3, -0.25) is 10.1 Å². The second-order valence-corrected chi connectivity index (χ2v) is 4.74. The quantitative estimate of drug-likeness (QED) is 0.714. The van der Waals surface area contributed by atoms with E-state index in [2.05, 4.69) is 5.32 Å². The van der Waals surface area contributed by atoms with Crippen molar-refractivity contribution in [3.63, 3.8) is 0 Å². The van der Waals surface area contributed by atoms with Crippen molar-refractivity contribution >= 4 is 5.97 Å². The highest BCUT2D eigenvalue weighted by molar-refractivity contribution is 5.71. The molecule has 0 spiro atoms. The molecular formula is C17H19NO4. The summed E-state index contributed by atoms with van der Waals surface area (Å²) >= 11 is 0. The van der Waals surface area contributed by atoms with Crippen LogP contribution in [0, 0.1) is 0 Å². The first-order valence-corrected chi connectivity index (χ1v) is 7.08. The van der Waals surface area contributed by atoms with Gasteiger partial charge in [-0.05, 0) is 19.1 Å². The van der Waals surface area contributed by atoms with E-state index >= 15 is 0 Å². The summed E-state index contributed by atoms with van der Waals surface area (Å²) < 4.78 is 4.90. The molecule has 0 aliphatic rings. The number of esters is 1. The smallest absolute Gasteiger partial charge is 0.319 e. The van der Waals surface area contributed by atoms with E-state index < -0.39 is 12.0 Å². The van der Waals surface area contributed by atoms with Crippen molar-refractivity contribution in [2.45, 2.75) is 13.0 Å². The van der Waals surface area contributed by atoms with E-state index in [0.29, 0.717) is 17.7 Å². The van der Waals surface area contributed by atoms with Crippen LogP contribution in [0.15, 0.2) is 48.5 Å². The lowest BCUT2D eigenvalue weighted by atomic mass is 9.97. The minimum atomic E-state index is -0.521. The molecule has 5 heteroatoms. The molecule has 0 unspecified atom stereocenters. The van der Waals surface area contributed by atoms with Crippen molar-refractivity contribution in [2.75, 3.05) is 13.2 Å². The molecule has 2 rings (SSSR count). The number of rotatable bonds is 6. The molecule has 0 fully saturated rings. The fraction of sp³-hybridized carbons (Fsp3) is 0.235. The number of hydrogen-bond acceptors (Lipinski definition) is 5. The molecule has 22 heavy (non-hydrogen) atoms. The molecule has 0 saturated carbocycles. The predicted molar refractivity (Wildman–Crippen MR) is 82.7 cm³/mol. The Hall–Kier alpha value is -2.53. The Bertz CT molecular complexity index is 597. The molecule has 5 nitrogen and oxygen atoms in total. The number of nitrogens with one attached hydrogen (secondary N) is 1. The van der Waals surface area contributed by atoms with E-state index in [1.807, 2.05) is 0 Å². The van der Waals surface area contributed by atoms with Crippen molar-refractivity contribution in [2.24, 2.45) is 0 Å². The number of carbonyl (C=O) groups excluding carboxylic acids is 1. The van der Waals surface area contributed by atoms with Crippen molar-refractivity contribution in [1.29, 1.82) is 0 Å². The molecule has 0 radical (unpaired) electrons. The third kappa shape index (κ3) is 3.77. The van der Waals surface area contributed by atoms with Crippen LogP contribution in [0.1, 0.15) is 24.1 Å². The van der Waals surface area contributed by atoms with Gasteiger partial charge in [0, 0.05) is 11.1 Å². The lowest BCUT2D eigenvalue weighted by Crippen LogP contribution is -2.29. The third-order valence-electron chi connectivity index (χ3n) is 3.25. The highest BCUT2D eigenvalue weighted by Gasteiger charge is 2.20. The maximum Gasteiger partial charge on any atom is 0.319 e. The summed E-state index contributed by atoms with van der Waals surface area (Å²) in [5.41, 5.74) is 1.15. The summed E-state index contributed by atoms with van der Waals surface area (Å²) in [6, 6.07) is 13.1. The number of para-hydroxylation sites is 2. The molecule has 0 aromatic heterocycles. The molecule has 0 saturated heterocycles. The van der Waals surface area contributed by atoms with Crippen molar-refractivity contribution < 1.29 is 19.7 Å². The SMILES string of the molecule is CCOC(=O)CNC(c1ccccc1O)c1ccccc1O. The zero-order valence-electron chi connectivity index (χ0n) is 12.3. The number of phenolic OH excluding ortho intramolecular Hbond substituents is 2. The fourth-order valence-corrected chi connectivity index (χ4v) is 2.25. The average Bonchev–Trinajstić information content (AvgIpc) is 2.51. The van der Waals surface area contributed by atoms with E-state index in [1.54, 1.807) is 55.5 Å². The van der Waals surface area contributed by atoms with Gasteiger partial charge in [0.15, 0.2) is 0 Å². The Morgan fingerprint density at radius 3 is 2.00 bits per heavy atom. The fourth-order valence-electron chi connectivity index (χ4n) is 2.25. The summed E-state index contributed by atoms with van der Waals surface area (Å²) in [5.74, 6) is -0.211. The van der Waals surface area contributed by atoms with Crippen LogP contribution in [0.4, 0.5) is 0 Å². The van der Waals surface area contributed by atoms with Gasteiger partial charge in [0.05, 0.1) is 19.2 Å². The van der Waals surface area contributed by atoms with Gasteiger partial charge in [-0.2, -0.15) is 0 Å². The summed E-state index contributed by atoms with van der Waals surface area (Å²) in [6.45, 7) is 2.01. The number of phenols is 2. The minimum absolute atomic E-state index is 0.0266. The molecule has 3 N–H and O–H groups in total. The van der Waals surface area contributed by atoms with Gasteiger partial charge >= 0.3 is 5.97 Å². The molecule has 0 bridgehead atoms. The zero-order chi connectivity index (χ0) is 15.9. The number of aromatic hydroxyl groups is 2. The number of hydrogen-bond donors (Lipinski definition) is 3. The van der Waals surface area contributed by atoms with Crippen molar-refractivity contribution in [1.82, 2.24) is 5.32 Å². The van der Waals surface area contributed by atoms with E-state index in [4.69, 9.17) is 4.74 Å². The van der Waals surface area contributed by atoms with Gasteiger partial charge in [0.2, 0.25) is 0 Å². The standard InChI is InChI=1S/C17H19NO4/c1-2-22-16(21)11-18-17(12-7-3-5-9-14(12)19)13-8-4-6-10-15(13)20/h3-10,17-20H,2,11H2,1H3. The summed E-state index contributed by atoms with van der Waals surface area (Å²) in [6.07, 6.45) is 0. The predicted octanol–water partition coefficient (Wildman–Crippen LogP) is 2.34. The number of benzene rings is 2. The van der Waals surface area contributed by atoms with Crippen LogP contribution in [0.25, 0.3) is 0 Å². The van der Waals surface area contributed by atoms with Crippen LogP contribution < -0.4 is 5.32 Å². The van der Waals surface area contributed by atoms with E-state index in [-0.39, 0.29) is 18.0 Å². The maximum atomic E-state index is 11.6. The molecule has 116 valence electrons. The minimum Gasteiger partial charge on any atom is -0.508 e. The normalized spacial score (nSPS) is 10.6. The van der Waals surface area contributed by atoms with Crippen LogP contribution in [-0.2, 0) is 9.53 Å². The molecule has 0 amide bonds. The average molecular weight is 301 g/mol. The molecule has 0 aliphatic carbocycles. The first-order chi connectivity index (χ1) is 10.6. The molecule has 0 heterocycles. The van der Waals surface area contributed by atoms with E-state index in [1.165, 1.54) is 0 Å². The molecule has 0 atom stereocenters. The lowest BCUT2D eigenvalue weighted by Gasteiger charge is -2.21. The molecule has 2 aromatic carbocycles. The van der Waals surface area contributed by atoms with Gasteiger partial charge in [0.1, 0.15) is 11.5 Å². The van der Waals surface area contributed by atoms with Crippen molar-refractivity contribution in [3.05, 3.63) is 59.7 Å². The van der Waals surface area contributed by atoms with Gasteiger partial charge in [-0.15, -0.1) is 0 Å². The monoisotopic (exact) mass is 301 g/mol. The van der Waals surface area contributed by atoms with Gasteiger partial charge < -0.3 is 14.9 Å². The molecule has 0 aliphatic heterocycles. The second kappa shape index (κ2) is 7.47. The zero-order valence-corrected chi connectivity index (χ0v) is 12.3. The van der Waals surface area contributed by atoms with Crippen LogP contribution in [0.3, 0.4) is 0 Å². The Balaban J connectivity index is 2.31. The highest BCUT2D eigenvalue weighted by atomic mass is 16.5. The first-order valence-electron chi connectivity index (χ1n) is 7.08. The van der Waals surface area contributed by atoms with Gasteiger partial charge in [-0.1, -0.05) is 36.4 Å².